The summed E-state index contributed by atoms with van der Waals surface area (Å²) >= 11 is 6.03. The lowest BCUT2D eigenvalue weighted by Gasteiger charge is -2.16. The molecule has 2 aromatic carbocycles. The first-order chi connectivity index (χ1) is 14.1. The summed E-state index contributed by atoms with van der Waals surface area (Å²) in [5, 5.41) is 12.0. The second-order valence-electron chi connectivity index (χ2n) is 7.32. The van der Waals surface area contributed by atoms with Crippen molar-refractivity contribution in [2.75, 3.05) is 0 Å². The molecule has 29 heavy (non-hydrogen) atoms. The molecular formula is C22H22ClFN4O. The van der Waals surface area contributed by atoms with Gasteiger partial charge in [0.1, 0.15) is 17.5 Å². The van der Waals surface area contributed by atoms with Gasteiger partial charge in [0.05, 0.1) is 6.42 Å². The quantitative estimate of drug-likeness (QED) is 0.694. The number of rotatable bonds is 5. The van der Waals surface area contributed by atoms with Crippen LogP contribution in [0.15, 0.2) is 48.5 Å². The number of nitrogens with zero attached hydrogens (tertiary/aromatic N) is 3. The fourth-order valence-electron chi connectivity index (χ4n) is 3.74. The number of hydrogen-bond donors (Lipinski definition) is 1. The number of carbonyl (C=O) groups is 1. The number of fused-ring (bicyclic) bond motifs is 1. The van der Waals surface area contributed by atoms with E-state index >= 15 is 0 Å². The van der Waals surface area contributed by atoms with Gasteiger partial charge in [-0.05, 0) is 30.5 Å². The predicted octanol–water partition coefficient (Wildman–Crippen LogP) is 3.73. The Hall–Kier alpha value is -2.73. The molecule has 0 spiro atoms. The molecule has 0 saturated carbocycles. The molecule has 1 aliphatic heterocycles. The highest BCUT2D eigenvalue weighted by atomic mass is 35.5. The van der Waals surface area contributed by atoms with Crippen LogP contribution in [0.2, 0.25) is 5.02 Å². The van der Waals surface area contributed by atoms with Crippen molar-refractivity contribution in [1.29, 1.82) is 0 Å². The smallest absolute Gasteiger partial charge is 0.224 e. The molecule has 3 aromatic rings. The van der Waals surface area contributed by atoms with Crippen LogP contribution in [0, 0.1) is 5.82 Å². The molecule has 0 radical (unpaired) electrons. The summed E-state index contributed by atoms with van der Waals surface area (Å²) in [5.74, 6) is 1.22. The highest BCUT2D eigenvalue weighted by molar-refractivity contribution is 6.31. The average Bonchev–Trinajstić information content (AvgIpc) is 2.97. The van der Waals surface area contributed by atoms with Gasteiger partial charge in [0.25, 0.3) is 0 Å². The third kappa shape index (κ3) is 4.65. The summed E-state index contributed by atoms with van der Waals surface area (Å²) in [6.07, 6.45) is 2.97. The predicted molar refractivity (Wildman–Crippen MR) is 109 cm³/mol. The van der Waals surface area contributed by atoms with E-state index in [-0.39, 0.29) is 29.0 Å². The number of nitrogens with one attached hydrogen (secondary N) is 1. The third-order valence-electron chi connectivity index (χ3n) is 5.29. The van der Waals surface area contributed by atoms with Crippen LogP contribution in [0.25, 0.3) is 0 Å². The Morgan fingerprint density at radius 2 is 1.97 bits per heavy atom. The standard InChI is InChI=1S/C22H22ClFN4O/c23-18-7-4-8-19(24)17(18)14-22(29)25-16-9-10-20-26-27-21(28(20)12-11-16)13-15-5-2-1-3-6-15/h1-8,16H,9-14H2,(H,25,29). The lowest BCUT2D eigenvalue weighted by Crippen LogP contribution is -2.36. The molecule has 1 aliphatic rings. The number of benzene rings is 2. The third-order valence-corrected chi connectivity index (χ3v) is 5.64. The van der Waals surface area contributed by atoms with Crippen LogP contribution in [0.3, 0.4) is 0 Å². The molecule has 5 nitrogen and oxygen atoms in total. The molecule has 4 rings (SSSR count). The van der Waals surface area contributed by atoms with E-state index in [2.05, 4.69) is 32.2 Å². The first-order valence-electron chi connectivity index (χ1n) is 9.77. The van der Waals surface area contributed by atoms with Crippen LogP contribution in [0.1, 0.15) is 35.6 Å². The van der Waals surface area contributed by atoms with E-state index in [0.29, 0.717) is 0 Å². The summed E-state index contributed by atoms with van der Waals surface area (Å²) in [6, 6.07) is 14.6. The average molecular weight is 413 g/mol. The van der Waals surface area contributed by atoms with Crippen LogP contribution < -0.4 is 5.32 Å². The van der Waals surface area contributed by atoms with Gasteiger partial charge >= 0.3 is 0 Å². The maximum Gasteiger partial charge on any atom is 0.224 e. The maximum atomic E-state index is 13.9. The van der Waals surface area contributed by atoms with Gasteiger partial charge in [-0.3, -0.25) is 4.79 Å². The van der Waals surface area contributed by atoms with Gasteiger partial charge in [-0.15, -0.1) is 10.2 Å². The summed E-state index contributed by atoms with van der Waals surface area (Å²) in [6.45, 7) is 0.746. The highest BCUT2D eigenvalue weighted by Crippen LogP contribution is 2.21. The van der Waals surface area contributed by atoms with Gasteiger partial charge in [0.15, 0.2) is 0 Å². The molecule has 0 bridgehead atoms. The first kappa shape index (κ1) is 19.6. The number of amides is 1. The Kier molecular flexibility index (Phi) is 5.90. The zero-order valence-electron chi connectivity index (χ0n) is 15.9. The van der Waals surface area contributed by atoms with Crippen molar-refractivity contribution in [3.63, 3.8) is 0 Å². The topological polar surface area (TPSA) is 59.8 Å². The number of halogens is 2. The lowest BCUT2D eigenvalue weighted by atomic mass is 10.1. The van der Waals surface area contributed by atoms with E-state index in [1.807, 2.05) is 18.2 Å². The second kappa shape index (κ2) is 8.74. The second-order valence-corrected chi connectivity index (χ2v) is 7.72. The molecule has 1 aromatic heterocycles. The zero-order valence-corrected chi connectivity index (χ0v) is 16.7. The Balaban J connectivity index is 1.38. The molecule has 0 fully saturated rings. The molecule has 1 atom stereocenters. The molecule has 0 aliphatic carbocycles. The molecule has 1 amide bonds. The number of hydrogen-bond acceptors (Lipinski definition) is 3. The minimum atomic E-state index is -0.453. The van der Waals surface area contributed by atoms with Crippen LogP contribution in [-0.2, 0) is 30.6 Å². The Morgan fingerprint density at radius 3 is 2.76 bits per heavy atom. The van der Waals surface area contributed by atoms with E-state index < -0.39 is 5.82 Å². The van der Waals surface area contributed by atoms with Crippen LogP contribution >= 0.6 is 11.6 Å². The largest absolute Gasteiger partial charge is 0.353 e. The van der Waals surface area contributed by atoms with Gasteiger partial charge in [-0.1, -0.05) is 48.0 Å². The zero-order chi connectivity index (χ0) is 20.2. The van der Waals surface area contributed by atoms with Crippen molar-refractivity contribution in [2.24, 2.45) is 0 Å². The van der Waals surface area contributed by atoms with E-state index in [4.69, 9.17) is 11.6 Å². The normalized spacial score (nSPS) is 16.1. The van der Waals surface area contributed by atoms with Gasteiger partial charge in [-0.25, -0.2) is 4.39 Å². The lowest BCUT2D eigenvalue weighted by molar-refractivity contribution is -0.121. The van der Waals surface area contributed by atoms with Gasteiger partial charge < -0.3 is 9.88 Å². The van der Waals surface area contributed by atoms with Crippen LogP contribution in [0.5, 0.6) is 0 Å². The van der Waals surface area contributed by atoms with Gasteiger partial charge in [0.2, 0.25) is 5.91 Å². The SMILES string of the molecule is O=C(Cc1c(F)cccc1Cl)NC1CCc2nnc(Cc3ccccc3)n2CC1. The number of carbonyl (C=O) groups excluding carboxylic acids is 1. The Bertz CT molecular complexity index is 985. The minimum Gasteiger partial charge on any atom is -0.353 e. The van der Waals surface area contributed by atoms with Crippen molar-refractivity contribution in [2.45, 2.75) is 44.7 Å². The maximum absolute atomic E-state index is 13.9. The van der Waals surface area contributed by atoms with Crippen LogP contribution in [-0.4, -0.2) is 26.7 Å². The van der Waals surface area contributed by atoms with E-state index in [1.165, 1.54) is 17.7 Å². The molecule has 150 valence electrons. The first-order valence-corrected chi connectivity index (χ1v) is 10.1. The van der Waals surface area contributed by atoms with E-state index in [1.54, 1.807) is 6.07 Å². The van der Waals surface area contributed by atoms with Gasteiger partial charge in [-0.2, -0.15) is 0 Å². The summed E-state index contributed by atoms with van der Waals surface area (Å²) in [4.78, 5) is 12.4. The molecule has 0 saturated heterocycles. The fourth-order valence-corrected chi connectivity index (χ4v) is 3.97. The van der Waals surface area contributed by atoms with Crippen molar-refractivity contribution in [1.82, 2.24) is 20.1 Å². The number of aryl methyl sites for hydroxylation is 1. The molecule has 2 heterocycles. The van der Waals surface area contributed by atoms with Crippen molar-refractivity contribution in [3.8, 4) is 0 Å². The minimum absolute atomic E-state index is 0.0133. The van der Waals surface area contributed by atoms with Gasteiger partial charge in [0, 0.05) is 36.0 Å². The molecular weight excluding hydrogens is 391 g/mol. The van der Waals surface area contributed by atoms with Crippen molar-refractivity contribution in [3.05, 3.63) is 82.1 Å². The molecule has 1 unspecified atom stereocenters. The summed E-state index contributed by atoms with van der Waals surface area (Å²) < 4.78 is 16.1. The number of aromatic nitrogens is 3. The summed E-state index contributed by atoms with van der Waals surface area (Å²) in [5.41, 5.74) is 1.43. The van der Waals surface area contributed by atoms with Crippen LogP contribution in [0.4, 0.5) is 4.39 Å². The monoisotopic (exact) mass is 412 g/mol. The highest BCUT2D eigenvalue weighted by Gasteiger charge is 2.22. The molecule has 7 heteroatoms. The van der Waals surface area contributed by atoms with E-state index in [9.17, 15) is 9.18 Å². The summed E-state index contributed by atoms with van der Waals surface area (Å²) in [7, 11) is 0. The van der Waals surface area contributed by atoms with Crippen molar-refractivity contribution >= 4 is 17.5 Å². The van der Waals surface area contributed by atoms with Crippen molar-refractivity contribution < 1.29 is 9.18 Å². The van der Waals surface area contributed by atoms with E-state index in [0.717, 1.165) is 43.9 Å². The molecule has 1 N–H and O–H groups in total. The Labute approximate surface area is 173 Å². The Morgan fingerprint density at radius 1 is 1.14 bits per heavy atom. The fraction of sp³-hybridized carbons (Fsp3) is 0.318.